The molecule has 0 nitrogen and oxygen atoms in total. The third-order valence-corrected chi connectivity index (χ3v) is 9.69. The van der Waals surface area contributed by atoms with Crippen molar-refractivity contribution in [2.45, 2.75) is 64.2 Å². The van der Waals surface area contributed by atoms with E-state index in [1.807, 2.05) is 0 Å². The molecular formula is C40H37Cl2Zr. The first-order chi connectivity index (χ1) is 19.4. The molecule has 3 aliphatic rings. The number of allylic oxidation sites excluding steroid dienone is 4. The molecule has 215 valence electrons. The average Bonchev–Trinajstić information content (AvgIpc) is 3.60. The molecule has 0 N–H and O–H groups in total. The first-order valence-corrected chi connectivity index (χ1v) is 14.8. The van der Waals surface area contributed by atoms with Crippen LogP contribution in [0.3, 0.4) is 0 Å². The molecule has 0 saturated heterocycles. The van der Waals surface area contributed by atoms with Crippen LogP contribution in [0.1, 0.15) is 86.8 Å². The van der Waals surface area contributed by atoms with Gasteiger partial charge in [-0.05, 0) is 47.6 Å². The number of rotatable bonds is 5. The molecule has 0 bridgehead atoms. The molecule has 0 aromatic heterocycles. The van der Waals surface area contributed by atoms with Gasteiger partial charge in [-0.25, -0.2) is 0 Å². The van der Waals surface area contributed by atoms with E-state index in [0.717, 1.165) is 6.42 Å². The quantitative estimate of drug-likeness (QED) is 0.251. The maximum absolute atomic E-state index is 3.92. The summed E-state index contributed by atoms with van der Waals surface area (Å²) in [4.78, 5) is 0. The van der Waals surface area contributed by atoms with Crippen molar-refractivity contribution in [1.82, 2.24) is 0 Å². The van der Waals surface area contributed by atoms with E-state index in [4.69, 9.17) is 0 Å². The molecule has 7 rings (SSSR count). The number of fused-ring (bicyclic) bond motifs is 2. The number of benzene rings is 4. The number of hydrogen-bond acceptors (Lipinski definition) is 0. The van der Waals surface area contributed by atoms with Crippen molar-refractivity contribution in [1.29, 1.82) is 0 Å². The van der Waals surface area contributed by atoms with E-state index in [0.29, 0.717) is 0 Å². The minimum atomic E-state index is -0.126. The van der Waals surface area contributed by atoms with E-state index in [1.54, 1.807) is 5.57 Å². The van der Waals surface area contributed by atoms with Crippen molar-refractivity contribution in [2.24, 2.45) is 0 Å². The minimum Gasteiger partial charge on any atom is -1.00 e. The van der Waals surface area contributed by atoms with Gasteiger partial charge >= 0.3 is 26.2 Å². The first-order valence-electron chi connectivity index (χ1n) is 14.8. The molecule has 43 heavy (non-hydrogen) atoms. The van der Waals surface area contributed by atoms with Gasteiger partial charge in [0.15, 0.2) is 0 Å². The Hall–Kier alpha value is -2.44. The van der Waals surface area contributed by atoms with Gasteiger partial charge in [0.1, 0.15) is 0 Å². The molecule has 1 saturated carbocycles. The predicted octanol–water partition coefficient (Wildman–Crippen LogP) is 2.33. The Labute approximate surface area is 288 Å². The molecule has 0 unspecified atom stereocenters. The fourth-order valence-electron chi connectivity index (χ4n) is 6.87. The van der Waals surface area contributed by atoms with Gasteiger partial charge in [-0.2, -0.15) is 0 Å². The fourth-order valence-corrected chi connectivity index (χ4v) is 6.87. The minimum absolute atomic E-state index is 0. The zero-order chi connectivity index (χ0) is 27.5. The molecule has 3 heteroatoms. The van der Waals surface area contributed by atoms with Gasteiger partial charge in [-0.15, -0.1) is 33.4 Å². The van der Waals surface area contributed by atoms with Crippen LogP contribution < -0.4 is 35.3 Å². The van der Waals surface area contributed by atoms with Crippen molar-refractivity contribution in [3.8, 4) is 0 Å². The molecule has 1 radical (unpaired) electrons. The molecular weight excluding hydrogens is 643 g/mol. The summed E-state index contributed by atoms with van der Waals surface area (Å²) in [6.45, 7) is 9.51. The van der Waals surface area contributed by atoms with Gasteiger partial charge in [0.05, 0.1) is 0 Å². The Kier molecular flexibility index (Phi) is 10.0. The molecule has 0 atom stereocenters. The topological polar surface area (TPSA) is 0 Å². The van der Waals surface area contributed by atoms with Crippen molar-refractivity contribution < 1.29 is 51.0 Å². The number of halogens is 2. The standard InChI is InChI=1S/C40H37.2ClH.Zr/c1-39(2,30-18-7-5-8-19-30)32-23-22-29-24-35-34(33(29)25-32)26-36(40(3,4)31-20-9-6-10-21-31)38(28-16-13-17-28)37(35)27-14-11-12-15-27;;;/h5-12,14,18-23,25-26H,13,15-17H2,1-4H3;2*1H;/q-1;;;+3/p-2. The molecule has 3 aliphatic carbocycles. The Morgan fingerprint density at radius 2 is 1.30 bits per heavy atom. The smallest absolute Gasteiger partial charge is 1.00 e. The molecule has 4 aromatic carbocycles. The zero-order valence-electron chi connectivity index (χ0n) is 25.4. The van der Waals surface area contributed by atoms with E-state index < -0.39 is 0 Å². The van der Waals surface area contributed by atoms with Gasteiger partial charge in [0.2, 0.25) is 0 Å². The summed E-state index contributed by atoms with van der Waals surface area (Å²) in [5.41, 5.74) is 11.1. The maximum atomic E-state index is 3.92. The van der Waals surface area contributed by atoms with Crippen LogP contribution in [-0.2, 0) is 37.0 Å². The SMILES string of the molecule is CC(C)(c1ccccc1)c1ccc2c(c1)=c1cc(C(C)(C)c3ccccc3)c(=C3CCC3)c(C3=CC=CC3)c1[C-]=2.[Cl-].[Cl-].[Zr+3]. The summed E-state index contributed by atoms with van der Waals surface area (Å²) in [5.74, 6) is 0. The van der Waals surface area contributed by atoms with Crippen LogP contribution >= 0.6 is 0 Å². The third-order valence-electron chi connectivity index (χ3n) is 9.69. The van der Waals surface area contributed by atoms with Crippen LogP contribution in [0.2, 0.25) is 0 Å². The van der Waals surface area contributed by atoms with Crippen LogP contribution in [0, 0.1) is 10.4 Å². The summed E-state index contributed by atoms with van der Waals surface area (Å²) < 4.78 is 0. The molecule has 0 heterocycles. The summed E-state index contributed by atoms with van der Waals surface area (Å²) in [6, 6.07) is 31.6. The Morgan fingerprint density at radius 3 is 1.86 bits per heavy atom. The van der Waals surface area contributed by atoms with E-state index >= 15 is 0 Å². The average molecular weight is 680 g/mol. The third kappa shape index (κ3) is 5.63. The molecule has 0 spiro atoms. The van der Waals surface area contributed by atoms with Gasteiger partial charge in [-0.1, -0.05) is 147 Å². The van der Waals surface area contributed by atoms with Gasteiger partial charge < -0.3 is 24.8 Å². The van der Waals surface area contributed by atoms with Crippen LogP contribution in [-0.4, -0.2) is 0 Å². The molecule has 0 amide bonds. The van der Waals surface area contributed by atoms with Crippen LogP contribution in [0.25, 0.3) is 17.2 Å². The Balaban J connectivity index is 0.00000141. The fraction of sp³-hybridized carbons (Fsp3) is 0.250. The monoisotopic (exact) mass is 677 g/mol. The van der Waals surface area contributed by atoms with Crippen LogP contribution in [0.15, 0.2) is 103 Å². The second-order valence-corrected chi connectivity index (χ2v) is 12.7. The Bertz CT molecular complexity index is 1930. The van der Waals surface area contributed by atoms with E-state index in [1.165, 1.54) is 79.1 Å². The molecule has 1 fully saturated rings. The van der Waals surface area contributed by atoms with E-state index in [2.05, 4.69) is 137 Å². The molecule has 4 aromatic rings. The normalized spacial score (nSPS) is 14.7. The maximum Gasteiger partial charge on any atom is 3.00 e. The van der Waals surface area contributed by atoms with E-state index in [9.17, 15) is 0 Å². The second-order valence-electron chi connectivity index (χ2n) is 12.7. The van der Waals surface area contributed by atoms with Crippen LogP contribution in [0.4, 0.5) is 0 Å². The van der Waals surface area contributed by atoms with Crippen molar-refractivity contribution in [2.75, 3.05) is 0 Å². The Morgan fingerprint density at radius 1 is 0.674 bits per heavy atom. The van der Waals surface area contributed by atoms with Gasteiger partial charge in [0, 0.05) is 10.8 Å². The van der Waals surface area contributed by atoms with Gasteiger partial charge in [-0.3, -0.25) is 0 Å². The second kappa shape index (κ2) is 12.9. The summed E-state index contributed by atoms with van der Waals surface area (Å²) in [6.07, 6.45) is 15.5. The largest absolute Gasteiger partial charge is 3.00 e. The zero-order valence-corrected chi connectivity index (χ0v) is 29.4. The van der Waals surface area contributed by atoms with Crippen molar-refractivity contribution >= 4 is 17.2 Å². The first kappa shape index (κ1) is 33.5. The number of hydrogen-bond donors (Lipinski definition) is 0. The predicted molar refractivity (Wildman–Crippen MR) is 168 cm³/mol. The summed E-state index contributed by atoms with van der Waals surface area (Å²) >= 11 is 0. The van der Waals surface area contributed by atoms with Crippen molar-refractivity contribution in [3.63, 3.8) is 0 Å². The van der Waals surface area contributed by atoms with Crippen molar-refractivity contribution in [3.05, 3.63) is 157 Å². The van der Waals surface area contributed by atoms with E-state index in [-0.39, 0.29) is 61.8 Å². The molecule has 0 aliphatic heterocycles. The van der Waals surface area contributed by atoms with Gasteiger partial charge in [0.25, 0.3) is 0 Å². The van der Waals surface area contributed by atoms with Crippen LogP contribution in [0.5, 0.6) is 0 Å². The summed E-state index contributed by atoms with van der Waals surface area (Å²) in [7, 11) is 0. The summed E-state index contributed by atoms with van der Waals surface area (Å²) in [5, 5.41) is 5.37.